The van der Waals surface area contributed by atoms with Crippen molar-refractivity contribution < 1.29 is 19.1 Å². The minimum absolute atomic E-state index is 0.0169. The molecule has 2 aromatic rings. The first-order valence-corrected chi connectivity index (χ1v) is 8.00. The molecule has 130 valence electrons. The Kier molecular flexibility index (Phi) is 4.39. The van der Waals surface area contributed by atoms with Crippen LogP contribution in [0.3, 0.4) is 0 Å². The first kappa shape index (κ1) is 16.9. The van der Waals surface area contributed by atoms with Crippen LogP contribution in [-0.4, -0.2) is 33.9 Å². The summed E-state index contributed by atoms with van der Waals surface area (Å²) in [6.45, 7) is 5.75. The van der Waals surface area contributed by atoms with E-state index in [0.29, 0.717) is 29.2 Å². The Labute approximate surface area is 145 Å². The van der Waals surface area contributed by atoms with Crippen molar-refractivity contribution in [3.63, 3.8) is 0 Å². The van der Waals surface area contributed by atoms with E-state index < -0.39 is 11.6 Å². The molecule has 0 saturated heterocycles. The van der Waals surface area contributed by atoms with Gasteiger partial charge >= 0.3 is 5.97 Å². The Morgan fingerprint density at radius 1 is 1.40 bits per heavy atom. The van der Waals surface area contributed by atoms with E-state index in [4.69, 9.17) is 9.47 Å². The van der Waals surface area contributed by atoms with Crippen LogP contribution in [0.15, 0.2) is 30.7 Å². The number of fused-ring (bicyclic) bond motifs is 1. The molecule has 1 aliphatic heterocycles. The second-order valence-corrected chi connectivity index (χ2v) is 6.30. The molecule has 1 N–H and O–H groups in total. The maximum atomic E-state index is 12.4. The monoisotopic (exact) mass is 341 g/mol. The van der Waals surface area contributed by atoms with Gasteiger partial charge in [-0.25, -0.2) is 14.8 Å². The zero-order valence-corrected chi connectivity index (χ0v) is 14.3. The average molecular weight is 341 g/mol. The van der Waals surface area contributed by atoms with Crippen molar-refractivity contribution in [2.45, 2.75) is 32.8 Å². The minimum atomic E-state index is -0.511. The molecule has 0 saturated carbocycles. The summed E-state index contributed by atoms with van der Waals surface area (Å²) in [5.74, 6) is 0.380. The highest BCUT2D eigenvalue weighted by Crippen LogP contribution is 2.35. The van der Waals surface area contributed by atoms with Gasteiger partial charge < -0.3 is 14.8 Å². The summed E-state index contributed by atoms with van der Waals surface area (Å²) in [5, 5.41) is 3.04. The Morgan fingerprint density at radius 3 is 2.96 bits per heavy atom. The van der Waals surface area contributed by atoms with Gasteiger partial charge in [0, 0.05) is 11.9 Å². The van der Waals surface area contributed by atoms with Gasteiger partial charge in [-0.15, -0.1) is 0 Å². The predicted molar refractivity (Wildman–Crippen MR) is 91.4 cm³/mol. The third-order valence-electron chi connectivity index (χ3n) is 3.72. The summed E-state index contributed by atoms with van der Waals surface area (Å²) in [5.41, 5.74) is 0.851. The molecule has 0 spiro atoms. The summed E-state index contributed by atoms with van der Waals surface area (Å²) >= 11 is 0. The van der Waals surface area contributed by atoms with Gasteiger partial charge in [0.1, 0.15) is 29.1 Å². The van der Waals surface area contributed by atoms with Gasteiger partial charge in [0.25, 0.3) is 0 Å². The molecule has 0 aliphatic carbocycles. The number of carbonyl (C=O) groups excluding carboxylic acids is 2. The van der Waals surface area contributed by atoms with Crippen molar-refractivity contribution in [3.8, 4) is 5.75 Å². The lowest BCUT2D eigenvalue weighted by molar-refractivity contribution is 0.0525. The van der Waals surface area contributed by atoms with Crippen molar-refractivity contribution in [1.29, 1.82) is 0 Å². The SMILES string of the molecule is CCOC(=O)c1cncnc1Nc1ccc2c(c1)C(=O)CC(C)(C)O2. The minimum Gasteiger partial charge on any atom is -0.487 e. The van der Waals surface area contributed by atoms with E-state index in [0.717, 1.165) is 0 Å². The number of benzene rings is 1. The number of anilines is 2. The fraction of sp³-hybridized carbons (Fsp3) is 0.333. The fourth-order valence-corrected chi connectivity index (χ4v) is 2.65. The smallest absolute Gasteiger partial charge is 0.343 e. The molecular weight excluding hydrogens is 322 g/mol. The fourth-order valence-electron chi connectivity index (χ4n) is 2.65. The van der Waals surface area contributed by atoms with Crippen molar-refractivity contribution in [1.82, 2.24) is 9.97 Å². The number of carbonyl (C=O) groups is 2. The van der Waals surface area contributed by atoms with Crippen LogP contribution in [0.25, 0.3) is 0 Å². The van der Waals surface area contributed by atoms with Crippen LogP contribution in [0.2, 0.25) is 0 Å². The molecule has 7 heteroatoms. The third kappa shape index (κ3) is 3.60. The van der Waals surface area contributed by atoms with Gasteiger partial charge in [-0.1, -0.05) is 0 Å². The molecule has 0 bridgehead atoms. The molecule has 0 atom stereocenters. The molecule has 1 aliphatic rings. The number of esters is 1. The van der Waals surface area contributed by atoms with E-state index in [1.54, 1.807) is 25.1 Å². The van der Waals surface area contributed by atoms with Crippen molar-refractivity contribution in [2.75, 3.05) is 11.9 Å². The lowest BCUT2D eigenvalue weighted by atomic mass is 9.93. The number of hydrogen-bond acceptors (Lipinski definition) is 7. The molecule has 2 heterocycles. The van der Waals surface area contributed by atoms with E-state index in [9.17, 15) is 9.59 Å². The van der Waals surface area contributed by atoms with E-state index in [1.807, 2.05) is 13.8 Å². The number of aromatic nitrogens is 2. The number of hydrogen-bond donors (Lipinski definition) is 1. The number of ketones is 1. The number of ether oxygens (including phenoxy) is 2. The Hall–Kier alpha value is -2.96. The lowest BCUT2D eigenvalue weighted by Gasteiger charge is -2.31. The molecule has 1 aromatic heterocycles. The molecular formula is C18H19N3O4. The molecule has 25 heavy (non-hydrogen) atoms. The summed E-state index contributed by atoms with van der Waals surface area (Å²) in [6, 6.07) is 5.20. The zero-order valence-electron chi connectivity index (χ0n) is 14.3. The Bertz CT molecular complexity index is 833. The normalized spacial score (nSPS) is 15.1. The first-order valence-electron chi connectivity index (χ1n) is 8.00. The second kappa shape index (κ2) is 6.51. The molecule has 3 rings (SSSR count). The van der Waals surface area contributed by atoms with E-state index in [1.165, 1.54) is 12.5 Å². The van der Waals surface area contributed by atoms with Crippen LogP contribution in [0, 0.1) is 0 Å². The van der Waals surface area contributed by atoms with E-state index in [-0.39, 0.29) is 18.0 Å². The quantitative estimate of drug-likeness (QED) is 0.854. The van der Waals surface area contributed by atoms with Gasteiger partial charge in [0.2, 0.25) is 0 Å². The summed E-state index contributed by atoms with van der Waals surface area (Å²) in [4.78, 5) is 32.3. The first-order chi connectivity index (χ1) is 11.9. The highest BCUT2D eigenvalue weighted by atomic mass is 16.5. The lowest BCUT2D eigenvalue weighted by Crippen LogP contribution is -2.35. The van der Waals surface area contributed by atoms with Gasteiger partial charge in [-0.3, -0.25) is 4.79 Å². The third-order valence-corrected chi connectivity index (χ3v) is 3.72. The Morgan fingerprint density at radius 2 is 2.20 bits per heavy atom. The maximum Gasteiger partial charge on any atom is 0.343 e. The number of rotatable bonds is 4. The molecule has 0 radical (unpaired) electrons. The molecule has 0 amide bonds. The zero-order chi connectivity index (χ0) is 18.0. The largest absolute Gasteiger partial charge is 0.487 e. The summed E-state index contributed by atoms with van der Waals surface area (Å²) in [7, 11) is 0. The van der Waals surface area contributed by atoms with Crippen molar-refractivity contribution in [3.05, 3.63) is 41.9 Å². The van der Waals surface area contributed by atoms with Crippen molar-refractivity contribution >= 4 is 23.3 Å². The second-order valence-electron chi connectivity index (χ2n) is 6.30. The number of nitrogens with one attached hydrogen (secondary N) is 1. The van der Waals surface area contributed by atoms with Crippen molar-refractivity contribution in [2.24, 2.45) is 0 Å². The van der Waals surface area contributed by atoms with Gasteiger partial charge in [-0.2, -0.15) is 0 Å². The molecule has 0 fully saturated rings. The van der Waals surface area contributed by atoms with Gasteiger partial charge in [-0.05, 0) is 39.0 Å². The predicted octanol–water partition coefficient (Wildman–Crippen LogP) is 3.14. The van der Waals surface area contributed by atoms with Gasteiger partial charge in [0.15, 0.2) is 5.78 Å². The van der Waals surface area contributed by atoms with E-state index >= 15 is 0 Å². The standard InChI is InChI=1S/C18H19N3O4/c1-4-24-17(23)13-9-19-10-20-16(13)21-11-5-6-15-12(7-11)14(22)8-18(2,3)25-15/h5-7,9-10H,4,8H2,1-3H3,(H,19,20,21). The highest BCUT2D eigenvalue weighted by molar-refractivity contribution is 6.01. The van der Waals surface area contributed by atoms with E-state index in [2.05, 4.69) is 15.3 Å². The maximum absolute atomic E-state index is 12.4. The summed E-state index contributed by atoms with van der Waals surface area (Å²) in [6.07, 6.45) is 3.04. The molecule has 0 unspecified atom stereocenters. The van der Waals surface area contributed by atoms with Crippen LogP contribution in [0.4, 0.5) is 11.5 Å². The number of Topliss-reactive ketones (excluding diaryl/α,β-unsaturated/α-hetero) is 1. The molecule has 7 nitrogen and oxygen atoms in total. The number of nitrogens with zero attached hydrogens (tertiary/aromatic N) is 2. The van der Waals surface area contributed by atoms with Crippen LogP contribution in [-0.2, 0) is 4.74 Å². The van der Waals surface area contributed by atoms with Crippen LogP contribution >= 0.6 is 0 Å². The Balaban J connectivity index is 1.90. The van der Waals surface area contributed by atoms with Crippen LogP contribution in [0.1, 0.15) is 47.9 Å². The molecule has 1 aromatic carbocycles. The van der Waals surface area contributed by atoms with Crippen LogP contribution < -0.4 is 10.1 Å². The summed E-state index contributed by atoms with van der Waals surface area (Å²) < 4.78 is 10.8. The van der Waals surface area contributed by atoms with Crippen LogP contribution in [0.5, 0.6) is 5.75 Å². The highest BCUT2D eigenvalue weighted by Gasteiger charge is 2.32. The average Bonchev–Trinajstić information content (AvgIpc) is 2.55. The topological polar surface area (TPSA) is 90.4 Å². The van der Waals surface area contributed by atoms with Gasteiger partial charge in [0.05, 0.1) is 18.6 Å².